The van der Waals surface area contributed by atoms with Gasteiger partial charge < -0.3 is 10.1 Å². The van der Waals surface area contributed by atoms with Crippen molar-refractivity contribution in [2.45, 2.75) is 6.54 Å². The predicted octanol–water partition coefficient (Wildman–Crippen LogP) is 3.93. The van der Waals surface area contributed by atoms with Crippen molar-refractivity contribution in [3.05, 3.63) is 59.3 Å². The molecule has 2 aromatic rings. The number of benzene rings is 1. The van der Waals surface area contributed by atoms with Crippen molar-refractivity contribution >= 4 is 17.0 Å². The first-order valence-electron chi connectivity index (χ1n) is 5.47. The van der Waals surface area contributed by atoms with Crippen LogP contribution in [0.5, 0.6) is 5.75 Å². The Morgan fingerprint density at radius 1 is 1.24 bits per heavy atom. The third-order valence-electron chi connectivity index (χ3n) is 2.31. The van der Waals surface area contributed by atoms with Gasteiger partial charge in [-0.1, -0.05) is 24.8 Å². The summed E-state index contributed by atoms with van der Waals surface area (Å²) in [4.78, 5) is 0. The maximum absolute atomic E-state index is 5.42. The van der Waals surface area contributed by atoms with Crippen LogP contribution in [0.2, 0.25) is 0 Å². The number of hydrogen-bond acceptors (Lipinski definition) is 3. The first kappa shape index (κ1) is 11.7. The Kier molecular flexibility index (Phi) is 4.22. The van der Waals surface area contributed by atoms with E-state index in [1.807, 2.05) is 12.1 Å². The minimum atomic E-state index is 0.548. The average Bonchev–Trinajstić information content (AvgIpc) is 2.88. The van der Waals surface area contributed by atoms with Gasteiger partial charge in [-0.25, -0.2) is 0 Å². The lowest BCUT2D eigenvalue weighted by Gasteiger charge is -2.06. The van der Waals surface area contributed by atoms with E-state index in [9.17, 15) is 0 Å². The van der Waals surface area contributed by atoms with Crippen molar-refractivity contribution in [1.82, 2.24) is 0 Å². The van der Waals surface area contributed by atoms with E-state index in [2.05, 4.69) is 40.9 Å². The highest BCUT2D eigenvalue weighted by atomic mass is 32.1. The minimum absolute atomic E-state index is 0.548. The highest BCUT2D eigenvalue weighted by Crippen LogP contribution is 2.15. The highest BCUT2D eigenvalue weighted by molar-refractivity contribution is 7.08. The molecule has 17 heavy (non-hydrogen) atoms. The largest absolute Gasteiger partial charge is 0.490 e. The zero-order valence-electron chi connectivity index (χ0n) is 9.56. The molecule has 0 spiro atoms. The van der Waals surface area contributed by atoms with Crippen LogP contribution in [0.15, 0.2) is 53.7 Å². The Hall–Kier alpha value is -1.74. The number of anilines is 1. The van der Waals surface area contributed by atoms with E-state index in [1.54, 1.807) is 17.4 Å². The Morgan fingerprint density at radius 2 is 2.06 bits per heavy atom. The maximum atomic E-state index is 5.42. The predicted molar refractivity (Wildman–Crippen MR) is 73.8 cm³/mol. The van der Waals surface area contributed by atoms with Gasteiger partial charge in [-0.15, -0.1) is 0 Å². The molecule has 2 nitrogen and oxygen atoms in total. The Balaban J connectivity index is 1.87. The summed E-state index contributed by atoms with van der Waals surface area (Å²) in [5, 5.41) is 7.52. The summed E-state index contributed by atoms with van der Waals surface area (Å²) in [6.07, 6.45) is 1.74. The monoisotopic (exact) mass is 245 g/mol. The number of rotatable bonds is 6. The number of hydrogen-bond donors (Lipinski definition) is 1. The molecular weight excluding hydrogens is 230 g/mol. The Labute approximate surface area is 106 Å². The van der Waals surface area contributed by atoms with E-state index in [4.69, 9.17) is 4.74 Å². The molecule has 0 aliphatic heterocycles. The van der Waals surface area contributed by atoms with E-state index in [0.717, 1.165) is 12.3 Å². The smallest absolute Gasteiger partial charge is 0.119 e. The Bertz CT molecular complexity index is 448. The van der Waals surface area contributed by atoms with Crippen molar-refractivity contribution in [2.75, 3.05) is 11.9 Å². The molecule has 0 unspecified atom stereocenters. The molecular formula is C14H15NOS. The van der Waals surface area contributed by atoms with Crippen LogP contribution in [0, 0.1) is 0 Å². The van der Waals surface area contributed by atoms with Gasteiger partial charge in [-0.3, -0.25) is 0 Å². The summed E-state index contributed by atoms with van der Waals surface area (Å²) in [5.41, 5.74) is 2.41. The fraction of sp³-hybridized carbons (Fsp3) is 0.143. The summed E-state index contributed by atoms with van der Waals surface area (Å²) in [6.45, 7) is 5.00. The van der Waals surface area contributed by atoms with Gasteiger partial charge in [0.05, 0.1) is 0 Å². The summed E-state index contributed by atoms with van der Waals surface area (Å²) in [7, 11) is 0. The summed E-state index contributed by atoms with van der Waals surface area (Å²) < 4.78 is 5.42. The molecule has 1 aromatic carbocycles. The molecule has 0 saturated heterocycles. The molecule has 2 rings (SSSR count). The van der Waals surface area contributed by atoms with Gasteiger partial charge in [0.1, 0.15) is 12.4 Å². The van der Waals surface area contributed by atoms with Gasteiger partial charge in [-0.2, -0.15) is 11.3 Å². The van der Waals surface area contributed by atoms with Crippen LogP contribution in [0.3, 0.4) is 0 Å². The molecule has 0 atom stereocenters. The lowest BCUT2D eigenvalue weighted by atomic mass is 10.2. The van der Waals surface area contributed by atoms with Gasteiger partial charge in [0.25, 0.3) is 0 Å². The minimum Gasteiger partial charge on any atom is -0.490 e. The van der Waals surface area contributed by atoms with Crippen molar-refractivity contribution in [2.24, 2.45) is 0 Å². The normalized spacial score (nSPS) is 9.88. The van der Waals surface area contributed by atoms with Crippen molar-refractivity contribution in [1.29, 1.82) is 0 Å². The fourth-order valence-corrected chi connectivity index (χ4v) is 2.04. The van der Waals surface area contributed by atoms with E-state index in [0.29, 0.717) is 6.61 Å². The summed E-state index contributed by atoms with van der Waals surface area (Å²) in [6, 6.07) is 10.2. The lowest BCUT2D eigenvalue weighted by molar-refractivity contribution is 0.363. The quantitative estimate of drug-likeness (QED) is 0.779. The molecule has 3 heteroatoms. The van der Waals surface area contributed by atoms with Crippen molar-refractivity contribution in [3.8, 4) is 5.75 Å². The lowest BCUT2D eigenvalue weighted by Crippen LogP contribution is -1.98. The van der Waals surface area contributed by atoms with Gasteiger partial charge in [0.15, 0.2) is 0 Å². The average molecular weight is 245 g/mol. The molecule has 0 radical (unpaired) electrons. The van der Waals surface area contributed by atoms with Crippen molar-refractivity contribution in [3.63, 3.8) is 0 Å². The molecule has 1 N–H and O–H groups in total. The second-order valence-electron chi connectivity index (χ2n) is 3.61. The molecule has 0 bridgehead atoms. The van der Waals surface area contributed by atoms with Crippen LogP contribution < -0.4 is 10.1 Å². The molecule has 0 saturated carbocycles. The van der Waals surface area contributed by atoms with Crippen LogP contribution in [-0.2, 0) is 6.54 Å². The Morgan fingerprint density at radius 3 is 2.71 bits per heavy atom. The molecule has 88 valence electrons. The molecule has 0 fully saturated rings. The first-order chi connectivity index (χ1) is 8.38. The van der Waals surface area contributed by atoms with E-state index in [1.165, 1.54) is 11.3 Å². The molecule has 0 aliphatic rings. The zero-order valence-corrected chi connectivity index (χ0v) is 10.4. The van der Waals surface area contributed by atoms with Crippen LogP contribution >= 0.6 is 11.3 Å². The number of nitrogens with one attached hydrogen (secondary N) is 1. The number of ether oxygens (including phenoxy) is 1. The highest BCUT2D eigenvalue weighted by Gasteiger charge is 1.96. The topological polar surface area (TPSA) is 21.3 Å². The van der Waals surface area contributed by atoms with Crippen molar-refractivity contribution < 1.29 is 4.74 Å². The zero-order chi connectivity index (χ0) is 11.9. The van der Waals surface area contributed by atoms with Gasteiger partial charge in [0.2, 0.25) is 0 Å². The van der Waals surface area contributed by atoms with Crippen LogP contribution in [-0.4, -0.2) is 6.61 Å². The third kappa shape index (κ3) is 3.64. The van der Waals surface area contributed by atoms with Crippen LogP contribution in [0.4, 0.5) is 5.69 Å². The second-order valence-corrected chi connectivity index (χ2v) is 4.39. The first-order valence-corrected chi connectivity index (χ1v) is 6.41. The van der Waals surface area contributed by atoms with E-state index < -0.39 is 0 Å². The van der Waals surface area contributed by atoms with Gasteiger partial charge in [0, 0.05) is 17.6 Å². The summed E-state index contributed by atoms with van der Waals surface area (Å²) in [5.74, 6) is 0.879. The van der Waals surface area contributed by atoms with Crippen LogP contribution in [0.1, 0.15) is 5.56 Å². The molecule has 1 aromatic heterocycles. The van der Waals surface area contributed by atoms with Gasteiger partial charge >= 0.3 is 0 Å². The molecule has 0 amide bonds. The fourth-order valence-electron chi connectivity index (χ4n) is 1.43. The van der Waals surface area contributed by atoms with Gasteiger partial charge in [-0.05, 0) is 29.1 Å². The SMILES string of the molecule is C=CCOc1ccc(CNc2ccsc2)cc1. The van der Waals surface area contributed by atoms with E-state index >= 15 is 0 Å². The number of thiophene rings is 1. The molecule has 1 heterocycles. The maximum Gasteiger partial charge on any atom is 0.119 e. The van der Waals surface area contributed by atoms with E-state index in [-0.39, 0.29) is 0 Å². The van der Waals surface area contributed by atoms with Crippen LogP contribution in [0.25, 0.3) is 0 Å². The standard InChI is InChI=1S/C14H15NOS/c1-2-8-16-14-5-3-12(4-6-14)10-15-13-7-9-17-11-13/h2-7,9,11,15H,1,8,10H2. The molecule has 0 aliphatic carbocycles. The second kappa shape index (κ2) is 6.11. The third-order valence-corrected chi connectivity index (χ3v) is 2.99. The summed E-state index contributed by atoms with van der Waals surface area (Å²) >= 11 is 1.69.